The van der Waals surface area contributed by atoms with Crippen LogP contribution in [0.1, 0.15) is 6.42 Å². The van der Waals surface area contributed by atoms with Crippen molar-refractivity contribution in [3.8, 4) is 0 Å². The zero-order valence-corrected chi connectivity index (χ0v) is 11.4. The van der Waals surface area contributed by atoms with E-state index in [2.05, 4.69) is 14.9 Å². The van der Waals surface area contributed by atoms with Crippen molar-refractivity contribution in [2.45, 2.75) is 6.42 Å². The molecule has 0 N–H and O–H groups in total. The summed E-state index contributed by atoms with van der Waals surface area (Å²) in [5, 5.41) is 10.9. The lowest BCUT2D eigenvalue weighted by atomic mass is 10.3. The van der Waals surface area contributed by atoms with Crippen molar-refractivity contribution in [3.63, 3.8) is 0 Å². The zero-order valence-electron chi connectivity index (χ0n) is 10.6. The smallest absolute Gasteiger partial charge is 0.329 e. The van der Waals surface area contributed by atoms with Crippen LogP contribution in [0.2, 0.25) is 5.28 Å². The average molecular weight is 274 g/mol. The van der Waals surface area contributed by atoms with E-state index in [1.54, 1.807) is 11.9 Å². The maximum absolute atomic E-state index is 10.9. The number of nitrogens with zero attached hydrogens (tertiary/aromatic N) is 5. The van der Waals surface area contributed by atoms with Gasteiger partial charge < -0.3 is 9.80 Å². The third-order valence-corrected chi connectivity index (χ3v) is 2.56. The number of halogens is 1. The van der Waals surface area contributed by atoms with Crippen molar-refractivity contribution in [1.29, 1.82) is 0 Å². The summed E-state index contributed by atoms with van der Waals surface area (Å²) in [4.78, 5) is 21.7. The van der Waals surface area contributed by atoms with E-state index in [9.17, 15) is 10.1 Å². The van der Waals surface area contributed by atoms with Crippen molar-refractivity contribution >= 4 is 23.1 Å². The highest BCUT2D eigenvalue weighted by Crippen LogP contribution is 2.25. The van der Waals surface area contributed by atoms with Gasteiger partial charge in [0.2, 0.25) is 11.1 Å². The molecule has 0 aromatic carbocycles. The van der Waals surface area contributed by atoms with E-state index in [1.807, 2.05) is 14.1 Å². The summed E-state index contributed by atoms with van der Waals surface area (Å²) in [5.41, 5.74) is -0.133. The van der Waals surface area contributed by atoms with Gasteiger partial charge in [-0.3, -0.25) is 10.1 Å². The minimum atomic E-state index is -0.506. The summed E-state index contributed by atoms with van der Waals surface area (Å²) >= 11 is 5.67. The Bertz CT molecular complexity index is 427. The summed E-state index contributed by atoms with van der Waals surface area (Å²) in [6.07, 6.45) is 2.01. The largest absolute Gasteiger partial charge is 0.354 e. The van der Waals surface area contributed by atoms with Crippen molar-refractivity contribution in [1.82, 2.24) is 14.9 Å². The second-order valence-corrected chi connectivity index (χ2v) is 4.52. The van der Waals surface area contributed by atoms with E-state index in [0.29, 0.717) is 6.54 Å². The van der Waals surface area contributed by atoms with Gasteiger partial charge in [-0.15, -0.1) is 0 Å². The molecule has 0 atom stereocenters. The van der Waals surface area contributed by atoms with Gasteiger partial charge in [-0.1, -0.05) is 0 Å². The number of aromatic nitrogens is 2. The van der Waals surface area contributed by atoms with Crippen molar-refractivity contribution in [2.75, 3.05) is 39.1 Å². The Morgan fingerprint density at radius 2 is 2.06 bits per heavy atom. The Labute approximate surface area is 111 Å². The first kappa shape index (κ1) is 14.6. The molecular weight excluding hydrogens is 258 g/mol. The fourth-order valence-corrected chi connectivity index (χ4v) is 1.61. The van der Waals surface area contributed by atoms with Crippen LogP contribution >= 0.6 is 11.6 Å². The summed E-state index contributed by atoms with van der Waals surface area (Å²) in [6.45, 7) is 1.56. The molecule has 0 saturated carbocycles. The summed E-state index contributed by atoms with van der Waals surface area (Å²) in [7, 11) is 5.70. The van der Waals surface area contributed by atoms with Gasteiger partial charge in [-0.25, -0.2) is 4.98 Å². The van der Waals surface area contributed by atoms with Gasteiger partial charge in [-0.05, 0) is 38.7 Å². The normalized spacial score (nSPS) is 10.7. The van der Waals surface area contributed by atoms with Crippen LogP contribution in [0.25, 0.3) is 0 Å². The van der Waals surface area contributed by atoms with Crippen LogP contribution in [0, 0.1) is 10.1 Å². The van der Waals surface area contributed by atoms with Crippen molar-refractivity contribution in [3.05, 3.63) is 21.6 Å². The molecule has 0 fully saturated rings. The molecule has 0 spiro atoms. The molecule has 0 saturated heterocycles. The highest BCUT2D eigenvalue weighted by Gasteiger charge is 2.20. The molecular formula is C10H16ClN5O2. The Morgan fingerprint density at radius 3 is 2.61 bits per heavy atom. The predicted octanol–water partition coefficient (Wildman–Crippen LogP) is 1.43. The lowest BCUT2D eigenvalue weighted by Gasteiger charge is -2.19. The average Bonchev–Trinajstić information content (AvgIpc) is 2.27. The number of hydrogen-bond acceptors (Lipinski definition) is 6. The lowest BCUT2D eigenvalue weighted by Crippen LogP contribution is -2.24. The predicted molar refractivity (Wildman–Crippen MR) is 70.1 cm³/mol. The Morgan fingerprint density at radius 1 is 1.39 bits per heavy atom. The van der Waals surface area contributed by atoms with E-state index < -0.39 is 4.92 Å². The topological polar surface area (TPSA) is 75.4 Å². The van der Waals surface area contributed by atoms with E-state index >= 15 is 0 Å². The molecule has 0 aliphatic heterocycles. The Kier molecular flexibility index (Phi) is 5.24. The molecule has 1 rings (SSSR count). The molecule has 18 heavy (non-hydrogen) atoms. The maximum Gasteiger partial charge on any atom is 0.329 e. The molecule has 1 heterocycles. The monoisotopic (exact) mass is 273 g/mol. The quantitative estimate of drug-likeness (QED) is 0.443. The first-order valence-corrected chi connectivity index (χ1v) is 5.82. The molecule has 0 amide bonds. The first-order valence-electron chi connectivity index (χ1n) is 5.44. The standard InChI is InChI=1S/C10H16ClN5O2/c1-14(2)5-4-6-15(3)9-8(16(17)18)7-12-10(11)13-9/h7H,4-6H2,1-3H3. The summed E-state index contributed by atoms with van der Waals surface area (Å²) in [5.74, 6) is 0.249. The van der Waals surface area contributed by atoms with Crippen molar-refractivity contribution in [2.24, 2.45) is 0 Å². The molecule has 0 aliphatic carbocycles. The van der Waals surface area contributed by atoms with Crippen LogP contribution in [0.5, 0.6) is 0 Å². The van der Waals surface area contributed by atoms with Gasteiger partial charge in [0.05, 0.1) is 4.92 Å². The van der Waals surface area contributed by atoms with E-state index in [4.69, 9.17) is 11.6 Å². The van der Waals surface area contributed by atoms with Crippen molar-refractivity contribution < 1.29 is 4.92 Å². The molecule has 7 nitrogen and oxygen atoms in total. The molecule has 1 aromatic rings. The lowest BCUT2D eigenvalue weighted by molar-refractivity contribution is -0.384. The summed E-state index contributed by atoms with van der Waals surface area (Å²) < 4.78 is 0. The SMILES string of the molecule is CN(C)CCCN(C)c1nc(Cl)ncc1[N+](=O)[O-]. The number of hydrogen-bond donors (Lipinski definition) is 0. The van der Waals surface area contributed by atoms with Crippen LogP contribution in [0.4, 0.5) is 11.5 Å². The molecule has 0 aliphatic rings. The van der Waals surface area contributed by atoms with E-state index in [0.717, 1.165) is 19.2 Å². The highest BCUT2D eigenvalue weighted by molar-refractivity contribution is 6.28. The fourth-order valence-electron chi connectivity index (χ4n) is 1.49. The van der Waals surface area contributed by atoms with E-state index in [-0.39, 0.29) is 16.8 Å². The molecule has 1 aromatic heterocycles. The van der Waals surface area contributed by atoms with Crippen LogP contribution < -0.4 is 4.90 Å². The molecule has 100 valence electrons. The van der Waals surface area contributed by atoms with Crippen LogP contribution in [0.15, 0.2) is 6.20 Å². The molecule has 0 bridgehead atoms. The van der Waals surface area contributed by atoms with Gasteiger partial charge >= 0.3 is 5.69 Å². The first-order chi connectivity index (χ1) is 8.41. The maximum atomic E-state index is 10.9. The van der Waals surface area contributed by atoms with Gasteiger partial charge in [-0.2, -0.15) is 4.98 Å². The van der Waals surface area contributed by atoms with Crippen LogP contribution in [-0.2, 0) is 0 Å². The number of rotatable bonds is 6. The molecule has 8 heteroatoms. The third-order valence-electron chi connectivity index (χ3n) is 2.38. The Balaban J connectivity index is 2.80. The minimum absolute atomic E-state index is 0.00931. The molecule has 0 unspecified atom stereocenters. The second-order valence-electron chi connectivity index (χ2n) is 4.18. The second kappa shape index (κ2) is 6.46. The zero-order chi connectivity index (χ0) is 13.7. The highest BCUT2D eigenvalue weighted by atomic mass is 35.5. The van der Waals surface area contributed by atoms with Gasteiger partial charge in [0.1, 0.15) is 6.20 Å². The van der Waals surface area contributed by atoms with Gasteiger partial charge in [0.15, 0.2) is 0 Å². The molecule has 0 radical (unpaired) electrons. The fraction of sp³-hybridized carbons (Fsp3) is 0.600. The van der Waals surface area contributed by atoms with Crippen LogP contribution in [0.3, 0.4) is 0 Å². The minimum Gasteiger partial charge on any atom is -0.354 e. The van der Waals surface area contributed by atoms with Gasteiger partial charge in [0, 0.05) is 13.6 Å². The Hall–Kier alpha value is -1.47. The number of nitro groups is 1. The van der Waals surface area contributed by atoms with Crippen LogP contribution in [-0.4, -0.2) is 54.0 Å². The third kappa shape index (κ3) is 4.08. The summed E-state index contributed by atoms with van der Waals surface area (Å²) in [6, 6.07) is 0. The van der Waals surface area contributed by atoms with E-state index in [1.165, 1.54) is 0 Å². The number of anilines is 1. The van der Waals surface area contributed by atoms with Gasteiger partial charge in [0.25, 0.3) is 0 Å².